The molecule has 0 N–H and O–H groups in total. The van der Waals surface area contributed by atoms with Gasteiger partial charge in [0.25, 0.3) is 11.6 Å². The van der Waals surface area contributed by atoms with Crippen molar-refractivity contribution in [3.05, 3.63) is 38.3 Å². The lowest BCUT2D eigenvalue weighted by Crippen LogP contribution is -2.31. The Bertz CT molecular complexity index is 463. The molecule has 0 radical (unpaired) electrons. The zero-order valence-corrected chi connectivity index (χ0v) is 11.9. The van der Waals surface area contributed by atoms with Crippen LogP contribution in [0.3, 0.4) is 0 Å². The van der Waals surface area contributed by atoms with Gasteiger partial charge in [-0.05, 0) is 35.3 Å². The number of non-ortho nitro benzene ring substituents is 1. The van der Waals surface area contributed by atoms with Crippen LogP contribution in [-0.4, -0.2) is 28.8 Å². The number of carbonyl (C=O) groups excluding carboxylic acids is 1. The maximum atomic E-state index is 12.2. The second kappa shape index (κ2) is 6.49. The maximum Gasteiger partial charge on any atom is 0.270 e. The van der Waals surface area contributed by atoms with Crippen molar-refractivity contribution in [3.63, 3.8) is 0 Å². The Balaban J connectivity index is 3.10. The number of carbonyl (C=O) groups is 1. The number of rotatable bonds is 5. The summed E-state index contributed by atoms with van der Waals surface area (Å²) in [5.41, 5.74) is 0.258. The number of hydrogen-bond acceptors (Lipinski definition) is 3. The van der Waals surface area contributed by atoms with Gasteiger partial charge in [-0.15, -0.1) is 0 Å². The summed E-state index contributed by atoms with van der Waals surface area (Å²) in [6.45, 7) is 5.10. The van der Waals surface area contributed by atoms with E-state index < -0.39 is 4.92 Å². The molecule has 0 bridgehead atoms. The van der Waals surface area contributed by atoms with Crippen LogP contribution < -0.4 is 0 Å². The topological polar surface area (TPSA) is 63.5 Å². The van der Waals surface area contributed by atoms with Gasteiger partial charge in [0.2, 0.25) is 0 Å². The lowest BCUT2D eigenvalue weighted by atomic mass is 10.1. The first-order valence-electron chi connectivity index (χ1n) is 5.74. The average molecular weight is 315 g/mol. The highest BCUT2D eigenvalue weighted by atomic mass is 79.9. The van der Waals surface area contributed by atoms with E-state index in [9.17, 15) is 14.9 Å². The van der Waals surface area contributed by atoms with Crippen molar-refractivity contribution >= 4 is 27.5 Å². The minimum Gasteiger partial charge on any atom is -0.339 e. The molecule has 0 spiro atoms. The molecule has 0 saturated heterocycles. The van der Waals surface area contributed by atoms with Crippen LogP contribution >= 0.6 is 15.9 Å². The van der Waals surface area contributed by atoms with Crippen molar-refractivity contribution in [2.75, 3.05) is 13.1 Å². The smallest absolute Gasteiger partial charge is 0.270 e. The van der Waals surface area contributed by atoms with Crippen LogP contribution in [0, 0.1) is 10.1 Å². The number of benzene rings is 1. The Hall–Kier alpha value is -1.43. The minimum atomic E-state index is -0.501. The van der Waals surface area contributed by atoms with Crippen LogP contribution in [0.25, 0.3) is 0 Å². The van der Waals surface area contributed by atoms with Gasteiger partial charge >= 0.3 is 0 Å². The summed E-state index contributed by atoms with van der Waals surface area (Å²) in [6, 6.07) is 4.22. The lowest BCUT2D eigenvalue weighted by Gasteiger charge is -2.20. The molecular weight excluding hydrogens is 300 g/mol. The maximum absolute atomic E-state index is 12.2. The highest BCUT2D eigenvalue weighted by Gasteiger charge is 2.19. The molecule has 98 valence electrons. The van der Waals surface area contributed by atoms with Gasteiger partial charge in [-0.1, -0.05) is 6.92 Å². The summed E-state index contributed by atoms with van der Waals surface area (Å²) < 4.78 is 0.577. The molecule has 0 saturated carbocycles. The van der Waals surface area contributed by atoms with E-state index in [4.69, 9.17) is 0 Å². The second-order valence-corrected chi connectivity index (χ2v) is 4.66. The van der Waals surface area contributed by atoms with Crippen molar-refractivity contribution < 1.29 is 9.72 Å². The van der Waals surface area contributed by atoms with E-state index >= 15 is 0 Å². The zero-order valence-electron chi connectivity index (χ0n) is 10.4. The number of nitrogens with zero attached hydrogens (tertiary/aromatic N) is 2. The third-order valence-electron chi connectivity index (χ3n) is 2.55. The van der Waals surface area contributed by atoms with Crippen molar-refractivity contribution in [2.45, 2.75) is 20.3 Å². The quantitative estimate of drug-likeness (QED) is 0.619. The SMILES string of the molecule is CCCN(CC)C(=O)c1cc([N+](=O)[O-])ccc1Br. The van der Waals surface area contributed by atoms with Crippen molar-refractivity contribution in [1.82, 2.24) is 4.90 Å². The molecule has 0 heterocycles. The van der Waals surface area contributed by atoms with Gasteiger partial charge in [-0.2, -0.15) is 0 Å². The first-order chi connectivity index (χ1) is 8.51. The van der Waals surface area contributed by atoms with Crippen LogP contribution in [-0.2, 0) is 0 Å². The van der Waals surface area contributed by atoms with E-state index in [0.29, 0.717) is 23.1 Å². The van der Waals surface area contributed by atoms with Gasteiger partial charge < -0.3 is 4.90 Å². The van der Waals surface area contributed by atoms with Gasteiger partial charge in [0.1, 0.15) is 0 Å². The van der Waals surface area contributed by atoms with Gasteiger partial charge in [0.05, 0.1) is 10.5 Å². The van der Waals surface area contributed by atoms with E-state index in [2.05, 4.69) is 15.9 Å². The molecule has 0 aliphatic heterocycles. The summed E-state index contributed by atoms with van der Waals surface area (Å²) in [5.74, 6) is -0.185. The van der Waals surface area contributed by atoms with Crippen LogP contribution in [0.2, 0.25) is 0 Å². The molecule has 0 fully saturated rings. The Morgan fingerprint density at radius 1 is 1.44 bits per heavy atom. The number of nitro groups is 1. The molecule has 0 aliphatic carbocycles. The highest BCUT2D eigenvalue weighted by molar-refractivity contribution is 9.10. The van der Waals surface area contributed by atoms with E-state index in [-0.39, 0.29) is 11.6 Å². The predicted molar refractivity (Wildman–Crippen MR) is 72.7 cm³/mol. The molecule has 1 aromatic rings. The molecule has 18 heavy (non-hydrogen) atoms. The predicted octanol–water partition coefficient (Wildman–Crippen LogP) is 3.23. The van der Waals surface area contributed by atoms with E-state index in [1.807, 2.05) is 13.8 Å². The number of nitro benzene ring substituents is 1. The minimum absolute atomic E-state index is 0.0749. The fourth-order valence-corrected chi connectivity index (χ4v) is 2.05. The van der Waals surface area contributed by atoms with Crippen molar-refractivity contribution in [1.29, 1.82) is 0 Å². The van der Waals surface area contributed by atoms with Crippen molar-refractivity contribution in [2.24, 2.45) is 0 Å². The van der Waals surface area contributed by atoms with Crippen LogP contribution in [0.15, 0.2) is 22.7 Å². The number of halogens is 1. The molecule has 1 aromatic carbocycles. The molecule has 1 amide bonds. The Kier molecular flexibility index (Phi) is 5.27. The summed E-state index contributed by atoms with van der Waals surface area (Å²) in [7, 11) is 0. The Morgan fingerprint density at radius 2 is 2.11 bits per heavy atom. The average Bonchev–Trinajstić information content (AvgIpc) is 2.35. The van der Waals surface area contributed by atoms with Crippen LogP contribution in [0.1, 0.15) is 30.6 Å². The fourth-order valence-electron chi connectivity index (χ4n) is 1.63. The molecule has 0 atom stereocenters. The van der Waals surface area contributed by atoms with Crippen LogP contribution in [0.5, 0.6) is 0 Å². The van der Waals surface area contributed by atoms with Gasteiger partial charge in [-0.3, -0.25) is 14.9 Å². The van der Waals surface area contributed by atoms with E-state index in [1.165, 1.54) is 18.2 Å². The monoisotopic (exact) mass is 314 g/mol. The molecule has 6 heteroatoms. The molecule has 0 unspecified atom stereocenters. The summed E-state index contributed by atoms with van der Waals surface area (Å²) in [6.07, 6.45) is 0.853. The third kappa shape index (κ3) is 3.29. The van der Waals surface area contributed by atoms with E-state index in [0.717, 1.165) is 6.42 Å². The zero-order chi connectivity index (χ0) is 13.7. The fraction of sp³-hybridized carbons (Fsp3) is 0.417. The summed E-state index contributed by atoms with van der Waals surface area (Å²) in [5, 5.41) is 10.7. The van der Waals surface area contributed by atoms with Gasteiger partial charge in [-0.25, -0.2) is 0 Å². The number of hydrogen-bond donors (Lipinski definition) is 0. The lowest BCUT2D eigenvalue weighted by molar-refractivity contribution is -0.384. The summed E-state index contributed by atoms with van der Waals surface area (Å²) >= 11 is 3.26. The Labute approximate surface area is 114 Å². The number of amides is 1. The van der Waals surface area contributed by atoms with Crippen LogP contribution in [0.4, 0.5) is 5.69 Å². The van der Waals surface area contributed by atoms with Gasteiger partial charge in [0.15, 0.2) is 0 Å². The van der Waals surface area contributed by atoms with Crippen molar-refractivity contribution in [3.8, 4) is 0 Å². The third-order valence-corrected chi connectivity index (χ3v) is 3.25. The molecule has 5 nitrogen and oxygen atoms in total. The Morgan fingerprint density at radius 3 is 2.61 bits per heavy atom. The molecule has 0 aliphatic rings. The van der Waals surface area contributed by atoms with Gasteiger partial charge in [0, 0.05) is 29.7 Å². The second-order valence-electron chi connectivity index (χ2n) is 3.81. The normalized spacial score (nSPS) is 10.2. The first kappa shape index (κ1) is 14.6. The molecule has 0 aromatic heterocycles. The highest BCUT2D eigenvalue weighted by Crippen LogP contribution is 2.23. The largest absolute Gasteiger partial charge is 0.339 e. The first-order valence-corrected chi connectivity index (χ1v) is 6.53. The van der Waals surface area contributed by atoms with E-state index in [1.54, 1.807) is 4.90 Å². The standard InChI is InChI=1S/C12H15BrN2O3/c1-3-7-14(4-2)12(16)10-8-9(15(17)18)5-6-11(10)13/h5-6,8H,3-4,7H2,1-2H3. The molecule has 1 rings (SSSR count). The molecular formula is C12H15BrN2O3. The summed E-state index contributed by atoms with van der Waals surface area (Å²) in [4.78, 5) is 24.1.